The summed E-state index contributed by atoms with van der Waals surface area (Å²) in [5.41, 5.74) is 5.51. The molecule has 0 unspecified atom stereocenters. The summed E-state index contributed by atoms with van der Waals surface area (Å²) in [5, 5.41) is 6.06. The molecule has 1 aliphatic carbocycles. The van der Waals surface area contributed by atoms with Gasteiger partial charge in [-0.05, 0) is 46.9 Å². The van der Waals surface area contributed by atoms with E-state index in [-0.39, 0.29) is 11.8 Å². The predicted octanol–water partition coefficient (Wildman–Crippen LogP) is 6.28. The van der Waals surface area contributed by atoms with Crippen LogP contribution in [0.3, 0.4) is 0 Å². The van der Waals surface area contributed by atoms with E-state index in [2.05, 4.69) is 69.8 Å². The molecule has 0 amide bonds. The molecule has 26 heavy (non-hydrogen) atoms. The second kappa shape index (κ2) is 6.10. The second-order valence-electron chi connectivity index (χ2n) is 6.99. The summed E-state index contributed by atoms with van der Waals surface area (Å²) in [7, 11) is 0. The van der Waals surface area contributed by atoms with Crippen molar-refractivity contribution < 1.29 is 4.79 Å². The number of ketones is 1. The highest BCUT2D eigenvalue weighted by atomic mass is 79.9. The number of nitrogens with one attached hydrogen (secondary N) is 1. The van der Waals surface area contributed by atoms with Crippen molar-refractivity contribution >= 4 is 43.7 Å². The van der Waals surface area contributed by atoms with Gasteiger partial charge in [0.1, 0.15) is 0 Å². The molecule has 3 heteroatoms. The fraction of sp³-hybridized carbons (Fsp3) is 0.174. The second-order valence-corrected chi connectivity index (χ2v) is 7.84. The minimum atomic E-state index is 0.0403. The van der Waals surface area contributed by atoms with Crippen LogP contribution >= 0.6 is 15.9 Å². The average Bonchev–Trinajstić information content (AvgIpc) is 2.67. The van der Waals surface area contributed by atoms with Gasteiger partial charge in [0, 0.05) is 27.7 Å². The first kappa shape index (κ1) is 15.8. The highest BCUT2D eigenvalue weighted by molar-refractivity contribution is 9.10. The van der Waals surface area contributed by atoms with Crippen LogP contribution in [-0.2, 0) is 4.79 Å². The Bertz CT molecular complexity index is 1080. The van der Waals surface area contributed by atoms with E-state index in [9.17, 15) is 4.79 Å². The minimum absolute atomic E-state index is 0.0403. The number of hydrogen-bond acceptors (Lipinski definition) is 2. The molecule has 0 fully saturated rings. The van der Waals surface area contributed by atoms with Crippen molar-refractivity contribution in [1.82, 2.24) is 0 Å². The number of fused-ring (bicyclic) bond motifs is 4. The van der Waals surface area contributed by atoms with Crippen molar-refractivity contribution in [3.8, 4) is 0 Å². The lowest BCUT2D eigenvalue weighted by Gasteiger charge is -2.35. The number of Topliss-reactive ketones (excluding diaryl/α,β-unsaturated/α-hetero) is 1. The third-order valence-electron chi connectivity index (χ3n) is 5.49. The zero-order valence-corrected chi connectivity index (χ0v) is 15.8. The van der Waals surface area contributed by atoms with Gasteiger partial charge in [0.25, 0.3) is 0 Å². The first-order chi connectivity index (χ1) is 12.7. The van der Waals surface area contributed by atoms with Crippen molar-refractivity contribution in [2.45, 2.75) is 25.3 Å². The van der Waals surface area contributed by atoms with E-state index in [1.807, 2.05) is 12.1 Å². The summed E-state index contributed by atoms with van der Waals surface area (Å²) >= 11 is 3.70. The van der Waals surface area contributed by atoms with Gasteiger partial charge in [-0.1, -0.05) is 64.5 Å². The molecule has 3 aromatic carbocycles. The summed E-state index contributed by atoms with van der Waals surface area (Å²) in [5.74, 6) is 0.280. The van der Waals surface area contributed by atoms with Crippen molar-refractivity contribution in [2.24, 2.45) is 0 Å². The highest BCUT2D eigenvalue weighted by Gasteiger charge is 2.34. The molecule has 1 atom stereocenters. The number of carbonyl (C=O) groups is 1. The van der Waals surface area contributed by atoms with Crippen molar-refractivity contribution in [1.29, 1.82) is 0 Å². The molecule has 1 aliphatic heterocycles. The van der Waals surface area contributed by atoms with Gasteiger partial charge in [-0.2, -0.15) is 0 Å². The number of carbonyl (C=O) groups excluding carboxylic acids is 1. The van der Waals surface area contributed by atoms with Crippen LogP contribution in [0.2, 0.25) is 0 Å². The van der Waals surface area contributed by atoms with Crippen molar-refractivity contribution in [3.05, 3.63) is 81.8 Å². The van der Waals surface area contributed by atoms with Crippen molar-refractivity contribution in [3.63, 3.8) is 0 Å². The molecule has 0 aromatic heterocycles. The van der Waals surface area contributed by atoms with E-state index >= 15 is 0 Å². The molecule has 0 radical (unpaired) electrons. The molecular formula is C23H18BrNO. The highest BCUT2D eigenvalue weighted by Crippen LogP contribution is 2.48. The van der Waals surface area contributed by atoms with Gasteiger partial charge in [-0.15, -0.1) is 0 Å². The van der Waals surface area contributed by atoms with Crippen molar-refractivity contribution in [2.75, 3.05) is 5.32 Å². The van der Waals surface area contributed by atoms with E-state index in [1.54, 1.807) is 0 Å². The van der Waals surface area contributed by atoms with Crippen LogP contribution in [0.4, 0.5) is 5.69 Å². The average molecular weight is 404 g/mol. The minimum Gasteiger partial charge on any atom is -0.374 e. The summed E-state index contributed by atoms with van der Waals surface area (Å²) < 4.78 is 1.08. The first-order valence-corrected chi connectivity index (χ1v) is 9.82. The normalized spacial score (nSPS) is 19.1. The SMILES string of the molecule is O=C1CCCC2=C1c1c(ccc3ccccc13)N[C@H]2c1ccccc1Br. The number of hydrogen-bond donors (Lipinski definition) is 1. The molecule has 0 saturated carbocycles. The smallest absolute Gasteiger partial charge is 0.163 e. The van der Waals surface area contributed by atoms with Crippen LogP contribution in [0.15, 0.2) is 70.7 Å². The fourth-order valence-corrected chi connectivity index (χ4v) is 4.85. The molecule has 2 nitrogen and oxygen atoms in total. The first-order valence-electron chi connectivity index (χ1n) is 9.03. The Morgan fingerprint density at radius 2 is 1.73 bits per heavy atom. The molecule has 2 aliphatic rings. The lowest BCUT2D eigenvalue weighted by atomic mass is 9.77. The summed E-state index contributed by atoms with van der Waals surface area (Å²) in [6.45, 7) is 0. The monoisotopic (exact) mass is 403 g/mol. The number of anilines is 1. The van der Waals surface area contributed by atoms with Crippen LogP contribution in [0.25, 0.3) is 16.3 Å². The van der Waals surface area contributed by atoms with Crippen LogP contribution in [-0.4, -0.2) is 5.78 Å². The third-order valence-corrected chi connectivity index (χ3v) is 6.22. The summed E-state index contributed by atoms with van der Waals surface area (Å²) in [6, 6.07) is 20.9. The Morgan fingerprint density at radius 1 is 0.923 bits per heavy atom. The van der Waals surface area contributed by atoms with Gasteiger partial charge in [0.15, 0.2) is 5.78 Å². The molecule has 1 heterocycles. The lowest BCUT2D eigenvalue weighted by Crippen LogP contribution is -2.26. The van der Waals surface area contributed by atoms with E-state index in [0.29, 0.717) is 6.42 Å². The molecule has 0 saturated heterocycles. The number of rotatable bonds is 1. The van der Waals surface area contributed by atoms with E-state index in [1.165, 1.54) is 16.5 Å². The predicted molar refractivity (Wildman–Crippen MR) is 110 cm³/mol. The number of allylic oxidation sites excluding steroid dienone is 1. The molecular weight excluding hydrogens is 386 g/mol. The zero-order chi connectivity index (χ0) is 17.7. The molecule has 5 rings (SSSR count). The standard InChI is InChI=1S/C23H18BrNO/c24-18-10-4-3-8-16(18)23-17-9-5-11-20(26)22(17)21-15-7-2-1-6-14(15)12-13-19(21)25-23/h1-4,6-8,10,12-13,23,25H,5,9,11H2/t23-/m0/s1. The largest absolute Gasteiger partial charge is 0.374 e. The van der Waals surface area contributed by atoms with Gasteiger partial charge in [-0.25, -0.2) is 0 Å². The fourth-order valence-electron chi connectivity index (χ4n) is 4.34. The van der Waals surface area contributed by atoms with Gasteiger partial charge in [0.2, 0.25) is 0 Å². The Hall–Kier alpha value is -2.39. The van der Waals surface area contributed by atoms with Gasteiger partial charge >= 0.3 is 0 Å². The maximum absolute atomic E-state index is 13.0. The van der Waals surface area contributed by atoms with Crippen LogP contribution in [0, 0.1) is 0 Å². The van der Waals surface area contributed by atoms with Crippen LogP contribution in [0.1, 0.15) is 36.4 Å². The molecule has 0 bridgehead atoms. The molecule has 0 spiro atoms. The molecule has 128 valence electrons. The third kappa shape index (κ3) is 2.34. The zero-order valence-electron chi connectivity index (χ0n) is 14.3. The Morgan fingerprint density at radius 3 is 2.62 bits per heavy atom. The van der Waals surface area contributed by atoms with E-state index < -0.39 is 0 Å². The van der Waals surface area contributed by atoms with Crippen LogP contribution in [0.5, 0.6) is 0 Å². The number of halogens is 1. The Balaban J connectivity index is 1.81. The Kier molecular flexibility index (Phi) is 3.71. The maximum Gasteiger partial charge on any atom is 0.163 e. The molecule has 1 N–H and O–H groups in total. The topological polar surface area (TPSA) is 29.1 Å². The number of benzene rings is 3. The quantitative estimate of drug-likeness (QED) is 0.518. The van der Waals surface area contributed by atoms with Crippen LogP contribution < -0.4 is 5.32 Å². The van der Waals surface area contributed by atoms with E-state index in [0.717, 1.165) is 39.5 Å². The van der Waals surface area contributed by atoms with Gasteiger partial charge < -0.3 is 5.32 Å². The maximum atomic E-state index is 13.0. The van der Waals surface area contributed by atoms with Gasteiger partial charge in [-0.3, -0.25) is 4.79 Å². The Labute approximate surface area is 161 Å². The van der Waals surface area contributed by atoms with Gasteiger partial charge in [0.05, 0.1) is 6.04 Å². The lowest BCUT2D eigenvalue weighted by molar-refractivity contribution is -0.114. The molecule has 3 aromatic rings. The summed E-state index contributed by atoms with van der Waals surface area (Å²) in [6.07, 6.45) is 2.54. The van der Waals surface area contributed by atoms with E-state index in [4.69, 9.17) is 0 Å². The summed E-state index contributed by atoms with van der Waals surface area (Å²) in [4.78, 5) is 13.0.